The predicted octanol–water partition coefficient (Wildman–Crippen LogP) is 1.49. The van der Waals surface area contributed by atoms with Crippen molar-refractivity contribution in [3.05, 3.63) is 35.6 Å². The molecule has 0 radical (unpaired) electrons. The summed E-state index contributed by atoms with van der Waals surface area (Å²) in [4.78, 5) is 15.6. The second-order valence-corrected chi connectivity index (χ2v) is 5.80. The first-order chi connectivity index (χ1) is 10.2. The average Bonchev–Trinajstić information content (AvgIpc) is 2.51. The molecule has 1 heterocycles. The van der Waals surface area contributed by atoms with Gasteiger partial charge in [-0.1, -0.05) is 18.2 Å². The summed E-state index contributed by atoms with van der Waals surface area (Å²) in [5.41, 5.74) is 0.779. The molecule has 0 aromatic heterocycles. The molecule has 21 heavy (non-hydrogen) atoms. The lowest BCUT2D eigenvalue weighted by Crippen LogP contribution is -3.11. The van der Waals surface area contributed by atoms with E-state index in [0.29, 0.717) is 5.91 Å². The van der Waals surface area contributed by atoms with Crippen molar-refractivity contribution in [1.29, 1.82) is 0 Å². The molecule has 0 saturated carbocycles. The van der Waals surface area contributed by atoms with E-state index in [2.05, 4.69) is 0 Å². The zero-order chi connectivity index (χ0) is 15.2. The maximum atomic E-state index is 13.7. The van der Waals surface area contributed by atoms with Gasteiger partial charge in [0.15, 0.2) is 0 Å². The van der Waals surface area contributed by atoms with Crippen molar-refractivity contribution < 1.29 is 14.1 Å². The first-order valence-electron chi connectivity index (χ1n) is 8.01. The number of piperidine rings is 1. The molecule has 0 bridgehead atoms. The van der Waals surface area contributed by atoms with Gasteiger partial charge in [0.1, 0.15) is 12.4 Å². The molecule has 1 aliphatic heterocycles. The number of carbonyl (C=O) groups is 1. The standard InChI is InChI=1S/C17H25FN2O/c1-3-20(4-2)17(21)14-9-11-19(12-10-14)13-15-7-5-6-8-16(15)18/h5-8,14H,3-4,9-13H2,1-2H3/p+1. The van der Waals surface area contributed by atoms with Crippen LogP contribution in [0, 0.1) is 11.7 Å². The molecule has 1 aliphatic rings. The Kier molecular flexibility index (Phi) is 5.74. The smallest absolute Gasteiger partial charge is 0.226 e. The zero-order valence-corrected chi connectivity index (χ0v) is 13.1. The van der Waals surface area contributed by atoms with Gasteiger partial charge in [0.2, 0.25) is 5.91 Å². The van der Waals surface area contributed by atoms with Gasteiger partial charge in [-0.15, -0.1) is 0 Å². The van der Waals surface area contributed by atoms with E-state index in [1.807, 2.05) is 30.9 Å². The van der Waals surface area contributed by atoms with Gasteiger partial charge < -0.3 is 9.80 Å². The van der Waals surface area contributed by atoms with E-state index in [1.54, 1.807) is 6.07 Å². The SMILES string of the molecule is CCN(CC)C(=O)C1CC[NH+](Cc2ccccc2F)CC1. The van der Waals surface area contributed by atoms with Crippen LogP contribution in [0.4, 0.5) is 4.39 Å². The van der Waals surface area contributed by atoms with Crippen molar-refractivity contribution in [3.63, 3.8) is 0 Å². The fourth-order valence-electron chi connectivity index (χ4n) is 3.15. The molecule has 1 saturated heterocycles. The third-order valence-electron chi connectivity index (χ3n) is 4.52. The highest BCUT2D eigenvalue weighted by Gasteiger charge is 2.29. The first-order valence-corrected chi connectivity index (χ1v) is 8.01. The minimum Gasteiger partial charge on any atom is -0.343 e. The number of rotatable bonds is 5. The zero-order valence-electron chi connectivity index (χ0n) is 13.1. The second kappa shape index (κ2) is 7.55. The highest BCUT2D eigenvalue weighted by molar-refractivity contribution is 5.78. The molecule has 0 aliphatic carbocycles. The monoisotopic (exact) mass is 293 g/mol. The number of carbonyl (C=O) groups excluding carboxylic acids is 1. The molecule has 3 nitrogen and oxygen atoms in total. The van der Waals surface area contributed by atoms with Crippen molar-refractivity contribution in [2.75, 3.05) is 26.2 Å². The molecule has 1 aromatic carbocycles. The third-order valence-corrected chi connectivity index (χ3v) is 4.52. The Hall–Kier alpha value is -1.42. The fraction of sp³-hybridized carbons (Fsp3) is 0.588. The molecule has 116 valence electrons. The predicted molar refractivity (Wildman–Crippen MR) is 81.5 cm³/mol. The number of likely N-dealkylation sites (tertiary alicyclic amines) is 1. The molecule has 1 N–H and O–H groups in total. The number of amides is 1. The van der Waals surface area contributed by atoms with E-state index < -0.39 is 0 Å². The van der Waals surface area contributed by atoms with Crippen LogP contribution in [0.3, 0.4) is 0 Å². The van der Waals surface area contributed by atoms with Crippen LogP contribution in [-0.2, 0) is 11.3 Å². The lowest BCUT2D eigenvalue weighted by Gasteiger charge is -2.31. The summed E-state index contributed by atoms with van der Waals surface area (Å²) < 4.78 is 13.7. The molecular weight excluding hydrogens is 267 g/mol. The highest BCUT2D eigenvalue weighted by atomic mass is 19.1. The normalized spacial score (nSPS) is 22.0. The van der Waals surface area contributed by atoms with Gasteiger partial charge >= 0.3 is 0 Å². The van der Waals surface area contributed by atoms with Crippen molar-refractivity contribution in [2.24, 2.45) is 5.92 Å². The van der Waals surface area contributed by atoms with Gasteiger partial charge in [-0.25, -0.2) is 4.39 Å². The van der Waals surface area contributed by atoms with Gasteiger partial charge in [0, 0.05) is 37.4 Å². The van der Waals surface area contributed by atoms with Gasteiger partial charge in [-0.2, -0.15) is 0 Å². The Balaban J connectivity index is 1.86. The number of nitrogens with one attached hydrogen (secondary N) is 1. The van der Waals surface area contributed by atoms with Crippen molar-refractivity contribution in [1.82, 2.24) is 4.90 Å². The number of nitrogens with zero attached hydrogens (tertiary/aromatic N) is 1. The number of hydrogen-bond acceptors (Lipinski definition) is 1. The Morgan fingerprint density at radius 2 is 1.86 bits per heavy atom. The van der Waals surface area contributed by atoms with Crippen LogP contribution in [0.5, 0.6) is 0 Å². The van der Waals surface area contributed by atoms with E-state index in [1.165, 1.54) is 11.0 Å². The summed E-state index contributed by atoms with van der Waals surface area (Å²) in [6.07, 6.45) is 1.83. The van der Waals surface area contributed by atoms with Crippen LogP contribution in [0.25, 0.3) is 0 Å². The van der Waals surface area contributed by atoms with Crippen LogP contribution < -0.4 is 4.90 Å². The first kappa shape index (κ1) is 16.0. The Morgan fingerprint density at radius 1 is 1.24 bits per heavy atom. The van der Waals surface area contributed by atoms with E-state index in [-0.39, 0.29) is 11.7 Å². The molecule has 0 atom stereocenters. The largest absolute Gasteiger partial charge is 0.343 e. The molecule has 1 aromatic rings. The highest BCUT2D eigenvalue weighted by Crippen LogP contribution is 2.14. The molecule has 0 spiro atoms. The summed E-state index contributed by atoms with van der Waals surface area (Å²) in [5, 5.41) is 0. The van der Waals surface area contributed by atoms with Gasteiger partial charge in [-0.3, -0.25) is 4.79 Å². The molecule has 1 fully saturated rings. The Morgan fingerprint density at radius 3 is 2.43 bits per heavy atom. The molecule has 4 heteroatoms. The van der Waals surface area contributed by atoms with Crippen molar-refractivity contribution >= 4 is 5.91 Å². The molecule has 0 unspecified atom stereocenters. The maximum absolute atomic E-state index is 13.7. The van der Waals surface area contributed by atoms with E-state index in [4.69, 9.17) is 0 Å². The van der Waals surface area contributed by atoms with Crippen LogP contribution in [0.15, 0.2) is 24.3 Å². The summed E-state index contributed by atoms with van der Waals surface area (Å²) in [6, 6.07) is 6.98. The summed E-state index contributed by atoms with van der Waals surface area (Å²) >= 11 is 0. The lowest BCUT2D eigenvalue weighted by molar-refractivity contribution is -0.919. The quantitative estimate of drug-likeness (QED) is 0.874. The van der Waals surface area contributed by atoms with E-state index in [0.717, 1.165) is 51.1 Å². The Bertz CT molecular complexity index is 466. The topological polar surface area (TPSA) is 24.8 Å². The molecular formula is C17H26FN2O+. The Labute approximate surface area is 126 Å². The molecule has 2 rings (SSSR count). The lowest BCUT2D eigenvalue weighted by atomic mass is 9.95. The van der Waals surface area contributed by atoms with Crippen LogP contribution in [0.2, 0.25) is 0 Å². The van der Waals surface area contributed by atoms with Crippen LogP contribution in [0.1, 0.15) is 32.3 Å². The van der Waals surface area contributed by atoms with E-state index >= 15 is 0 Å². The van der Waals surface area contributed by atoms with Gasteiger partial charge in [-0.05, 0) is 19.9 Å². The number of halogens is 1. The van der Waals surface area contributed by atoms with Crippen LogP contribution >= 0.6 is 0 Å². The van der Waals surface area contributed by atoms with Gasteiger partial charge in [0.25, 0.3) is 0 Å². The van der Waals surface area contributed by atoms with Crippen molar-refractivity contribution in [3.8, 4) is 0 Å². The maximum Gasteiger partial charge on any atom is 0.226 e. The third kappa shape index (κ3) is 4.03. The summed E-state index contributed by atoms with van der Waals surface area (Å²) in [5.74, 6) is 0.338. The number of benzene rings is 1. The van der Waals surface area contributed by atoms with Gasteiger partial charge in [0.05, 0.1) is 13.1 Å². The minimum atomic E-state index is -0.119. The average molecular weight is 293 g/mol. The van der Waals surface area contributed by atoms with Crippen LogP contribution in [-0.4, -0.2) is 37.0 Å². The molecule has 1 amide bonds. The fourth-order valence-corrected chi connectivity index (χ4v) is 3.15. The number of hydrogen-bond donors (Lipinski definition) is 1. The summed E-state index contributed by atoms with van der Waals surface area (Å²) in [6.45, 7) is 8.26. The minimum absolute atomic E-state index is 0.119. The second-order valence-electron chi connectivity index (χ2n) is 5.80. The summed E-state index contributed by atoms with van der Waals surface area (Å²) in [7, 11) is 0. The number of quaternary nitrogens is 1. The van der Waals surface area contributed by atoms with Crippen molar-refractivity contribution in [2.45, 2.75) is 33.2 Å². The van der Waals surface area contributed by atoms with E-state index in [9.17, 15) is 9.18 Å².